The van der Waals surface area contributed by atoms with Crippen LogP contribution in [0.1, 0.15) is 20.3 Å². The van der Waals surface area contributed by atoms with Crippen LogP contribution < -0.4 is 0 Å². The molecule has 114 valence electrons. The maximum Gasteiger partial charge on any atom is 0.459 e. The smallest absolute Gasteiger partial charge is 0.459 e. The first-order chi connectivity index (χ1) is 8.34. The summed E-state index contributed by atoms with van der Waals surface area (Å²) in [7, 11) is 0.831. The fourth-order valence-electron chi connectivity index (χ4n) is 1.60. The molecule has 0 aliphatic rings. The first-order valence-corrected chi connectivity index (χ1v) is 5.24. The third-order valence-corrected chi connectivity index (χ3v) is 2.89. The van der Waals surface area contributed by atoms with Crippen LogP contribution in [0.25, 0.3) is 0 Å². The highest BCUT2D eigenvalue weighted by atomic mass is 19.4. The molecule has 0 radical (unpaired) electrons. The topological polar surface area (TPSA) is 26.3 Å². The first kappa shape index (κ1) is 18.0. The lowest BCUT2D eigenvalue weighted by Crippen LogP contribution is -2.57. The highest BCUT2D eigenvalue weighted by Gasteiger charge is 2.75. The van der Waals surface area contributed by atoms with Crippen molar-refractivity contribution in [1.82, 2.24) is 0 Å². The van der Waals surface area contributed by atoms with Crippen LogP contribution in [0, 0.1) is 11.8 Å². The molecule has 0 saturated carbocycles. The van der Waals surface area contributed by atoms with Crippen LogP contribution >= 0.6 is 0 Å². The second kappa shape index (κ2) is 5.54. The number of halogens is 7. The Balaban J connectivity index is 5.46. The summed E-state index contributed by atoms with van der Waals surface area (Å²) in [4.78, 5) is 11.1. The average molecular weight is 298 g/mol. The minimum Gasteiger partial charge on any atom is -0.469 e. The second-order valence-corrected chi connectivity index (χ2v) is 4.02. The molecule has 9 heteroatoms. The van der Waals surface area contributed by atoms with Crippen LogP contribution in [0.5, 0.6) is 0 Å². The van der Waals surface area contributed by atoms with Gasteiger partial charge in [-0.1, -0.05) is 13.8 Å². The molecule has 0 aromatic heterocycles. The summed E-state index contributed by atoms with van der Waals surface area (Å²) < 4.78 is 92.4. The highest BCUT2D eigenvalue weighted by molar-refractivity contribution is 5.72. The molecule has 0 saturated heterocycles. The van der Waals surface area contributed by atoms with Gasteiger partial charge in [0.05, 0.1) is 13.0 Å². The predicted molar refractivity (Wildman–Crippen MR) is 50.9 cm³/mol. The van der Waals surface area contributed by atoms with E-state index in [9.17, 15) is 35.5 Å². The number of esters is 1. The maximum absolute atomic E-state index is 13.3. The van der Waals surface area contributed by atoms with Crippen LogP contribution in [0.2, 0.25) is 0 Å². The monoisotopic (exact) mass is 298 g/mol. The van der Waals surface area contributed by atoms with Crippen molar-refractivity contribution in [2.75, 3.05) is 7.11 Å². The Morgan fingerprint density at radius 2 is 1.53 bits per heavy atom. The van der Waals surface area contributed by atoms with Crippen LogP contribution in [0.4, 0.5) is 30.7 Å². The Bertz CT molecular complexity index is 324. The van der Waals surface area contributed by atoms with Gasteiger partial charge in [-0.25, -0.2) is 0 Å². The minimum absolute atomic E-state index is 0.350. The summed E-state index contributed by atoms with van der Waals surface area (Å²) >= 11 is 0. The lowest BCUT2D eigenvalue weighted by molar-refractivity contribution is -0.367. The number of carbonyl (C=O) groups is 1. The number of hydrogen-bond donors (Lipinski definition) is 0. The first-order valence-electron chi connectivity index (χ1n) is 5.24. The Kier molecular flexibility index (Phi) is 5.24. The van der Waals surface area contributed by atoms with Gasteiger partial charge in [-0.05, 0) is 6.42 Å². The highest BCUT2D eigenvalue weighted by Crippen LogP contribution is 2.51. The molecule has 2 unspecified atom stereocenters. The zero-order valence-corrected chi connectivity index (χ0v) is 10.3. The van der Waals surface area contributed by atoms with E-state index in [0.717, 1.165) is 7.11 Å². The average Bonchev–Trinajstić information content (AvgIpc) is 2.27. The third kappa shape index (κ3) is 3.11. The normalized spacial score (nSPS) is 16.9. The van der Waals surface area contributed by atoms with Crippen molar-refractivity contribution < 1.29 is 40.3 Å². The van der Waals surface area contributed by atoms with E-state index in [-0.39, 0.29) is 6.42 Å². The summed E-state index contributed by atoms with van der Waals surface area (Å²) in [6, 6.07) is 0. The van der Waals surface area contributed by atoms with Crippen molar-refractivity contribution in [2.45, 2.75) is 38.3 Å². The molecule has 19 heavy (non-hydrogen) atoms. The molecule has 0 aliphatic carbocycles. The number of methoxy groups -OCH3 is 1. The minimum atomic E-state index is -6.40. The van der Waals surface area contributed by atoms with E-state index in [4.69, 9.17) is 0 Å². The zero-order valence-electron chi connectivity index (χ0n) is 10.3. The van der Waals surface area contributed by atoms with Crippen molar-refractivity contribution in [2.24, 2.45) is 11.8 Å². The van der Waals surface area contributed by atoms with Crippen LogP contribution in [0.15, 0.2) is 0 Å². The number of rotatable bonds is 5. The molecular formula is C10H13F7O2. The van der Waals surface area contributed by atoms with E-state index in [0.29, 0.717) is 6.92 Å². The van der Waals surface area contributed by atoms with Crippen LogP contribution in [0.3, 0.4) is 0 Å². The molecule has 0 aromatic rings. The van der Waals surface area contributed by atoms with E-state index in [1.807, 2.05) is 0 Å². The van der Waals surface area contributed by atoms with Crippen molar-refractivity contribution in [1.29, 1.82) is 0 Å². The molecule has 0 N–H and O–H groups in total. The van der Waals surface area contributed by atoms with E-state index in [2.05, 4.69) is 4.74 Å². The van der Waals surface area contributed by atoms with Crippen molar-refractivity contribution in [3.05, 3.63) is 0 Å². The Morgan fingerprint density at radius 3 is 1.79 bits per heavy atom. The number of hydrogen-bond acceptors (Lipinski definition) is 2. The summed E-state index contributed by atoms with van der Waals surface area (Å²) in [5, 5.41) is 0. The number of ether oxygens (including phenoxy) is 1. The van der Waals surface area contributed by atoms with Crippen LogP contribution in [-0.2, 0) is 9.53 Å². The SMILES string of the molecule is CCC(C(=O)OC)C(C)C(F)(F)C(F)(F)C(F)(F)F. The maximum atomic E-state index is 13.3. The predicted octanol–water partition coefficient (Wildman–Crippen LogP) is 3.65. The van der Waals surface area contributed by atoms with Gasteiger partial charge in [-0.15, -0.1) is 0 Å². The number of carbonyl (C=O) groups excluding carboxylic acids is 1. The summed E-state index contributed by atoms with van der Waals surface area (Å²) in [6.07, 6.45) is -6.75. The molecule has 0 spiro atoms. The van der Waals surface area contributed by atoms with Gasteiger partial charge in [-0.3, -0.25) is 4.79 Å². The van der Waals surface area contributed by atoms with Gasteiger partial charge in [-0.2, -0.15) is 30.7 Å². The Morgan fingerprint density at radius 1 is 1.11 bits per heavy atom. The lowest BCUT2D eigenvalue weighted by atomic mass is 9.83. The fourth-order valence-corrected chi connectivity index (χ4v) is 1.60. The fraction of sp³-hybridized carbons (Fsp3) is 0.900. The van der Waals surface area contributed by atoms with E-state index in [1.54, 1.807) is 0 Å². The van der Waals surface area contributed by atoms with Crippen molar-refractivity contribution in [3.63, 3.8) is 0 Å². The Hall–Kier alpha value is -1.02. The molecule has 2 nitrogen and oxygen atoms in total. The van der Waals surface area contributed by atoms with Gasteiger partial charge >= 0.3 is 24.0 Å². The summed E-state index contributed by atoms with van der Waals surface area (Å²) in [5.74, 6) is -17.2. The quantitative estimate of drug-likeness (QED) is 0.572. The molecule has 0 aliphatic heterocycles. The molecule has 0 heterocycles. The Labute approximate surface area is 104 Å². The number of alkyl halides is 7. The van der Waals surface area contributed by atoms with Gasteiger partial charge < -0.3 is 4.74 Å². The lowest BCUT2D eigenvalue weighted by Gasteiger charge is -2.34. The van der Waals surface area contributed by atoms with Crippen molar-refractivity contribution in [3.8, 4) is 0 Å². The zero-order chi connectivity index (χ0) is 15.6. The molecule has 0 rings (SSSR count). The van der Waals surface area contributed by atoms with Gasteiger partial charge in [0.25, 0.3) is 0 Å². The van der Waals surface area contributed by atoms with Crippen molar-refractivity contribution >= 4 is 5.97 Å². The summed E-state index contributed by atoms with van der Waals surface area (Å²) in [5.41, 5.74) is 0. The molecule has 0 aromatic carbocycles. The molecule has 0 fully saturated rings. The third-order valence-electron chi connectivity index (χ3n) is 2.89. The summed E-state index contributed by atoms with van der Waals surface area (Å²) in [6.45, 7) is 1.67. The molecule has 0 amide bonds. The van der Waals surface area contributed by atoms with E-state index >= 15 is 0 Å². The van der Waals surface area contributed by atoms with Gasteiger partial charge in [0, 0.05) is 5.92 Å². The standard InChI is InChI=1S/C10H13F7O2/c1-4-6(7(18)19-3)5(2)8(11,12)9(13,14)10(15,16)17/h5-6H,4H2,1-3H3. The van der Waals surface area contributed by atoms with Gasteiger partial charge in [0.15, 0.2) is 0 Å². The molecule has 0 bridgehead atoms. The molecular weight excluding hydrogens is 285 g/mol. The van der Waals surface area contributed by atoms with E-state index in [1.165, 1.54) is 6.92 Å². The second-order valence-electron chi connectivity index (χ2n) is 4.02. The van der Waals surface area contributed by atoms with E-state index < -0.39 is 35.8 Å². The van der Waals surface area contributed by atoms with Gasteiger partial charge in [0.1, 0.15) is 0 Å². The van der Waals surface area contributed by atoms with Crippen LogP contribution in [-0.4, -0.2) is 31.1 Å². The largest absolute Gasteiger partial charge is 0.469 e. The van der Waals surface area contributed by atoms with Gasteiger partial charge in [0.2, 0.25) is 0 Å². The molecule has 2 atom stereocenters.